The molecule has 0 aromatic carbocycles. The predicted octanol–water partition coefficient (Wildman–Crippen LogP) is 2.00. The molecule has 0 spiro atoms. The topological polar surface area (TPSA) is 113 Å². The first-order chi connectivity index (χ1) is 9.54. The third-order valence-corrected chi connectivity index (χ3v) is 4.25. The molecule has 0 bridgehead atoms. The zero-order valence-corrected chi connectivity index (χ0v) is 12.3. The Morgan fingerprint density at radius 2 is 2.25 bits per heavy atom. The number of fused-ring (bicyclic) bond motifs is 1. The number of amidine groups is 1. The zero-order chi connectivity index (χ0) is 14.6. The summed E-state index contributed by atoms with van der Waals surface area (Å²) < 4.78 is 0. The van der Waals surface area contributed by atoms with Crippen LogP contribution in [0, 0.1) is 5.41 Å². The summed E-state index contributed by atoms with van der Waals surface area (Å²) in [5.74, 6) is 1.16. The smallest absolute Gasteiger partial charge is 0.181 e. The lowest BCUT2D eigenvalue weighted by Gasteiger charge is -2.22. The summed E-state index contributed by atoms with van der Waals surface area (Å²) in [5.41, 5.74) is 6.91. The van der Waals surface area contributed by atoms with E-state index in [1.165, 1.54) is 6.33 Å². The van der Waals surface area contributed by atoms with Crippen LogP contribution in [0.5, 0.6) is 0 Å². The molecule has 0 atom stereocenters. The highest BCUT2D eigenvalue weighted by atomic mass is 32.2. The Hall–Kier alpha value is -1.83. The lowest BCUT2D eigenvalue weighted by molar-refractivity contribution is 0.305. The van der Waals surface area contributed by atoms with Crippen LogP contribution in [0.4, 0.5) is 0 Å². The van der Waals surface area contributed by atoms with Gasteiger partial charge >= 0.3 is 0 Å². The van der Waals surface area contributed by atoms with Crippen molar-refractivity contribution >= 4 is 28.8 Å². The van der Waals surface area contributed by atoms with Crippen molar-refractivity contribution in [1.82, 2.24) is 19.9 Å². The summed E-state index contributed by atoms with van der Waals surface area (Å²) in [5, 5.41) is 12.7. The quantitative estimate of drug-likeness (QED) is 0.143. The minimum atomic E-state index is -0.301. The van der Waals surface area contributed by atoms with Gasteiger partial charge < -0.3 is 15.9 Å². The molecule has 0 fully saturated rings. The molecular formula is C12H18N6OS. The van der Waals surface area contributed by atoms with Crippen molar-refractivity contribution in [2.45, 2.75) is 31.7 Å². The average Bonchev–Trinajstić information content (AvgIpc) is 2.91. The number of aromatic nitrogens is 4. The van der Waals surface area contributed by atoms with Crippen molar-refractivity contribution in [1.29, 1.82) is 0 Å². The molecule has 0 aliphatic rings. The summed E-state index contributed by atoms with van der Waals surface area (Å²) in [7, 11) is 0. The van der Waals surface area contributed by atoms with Gasteiger partial charge in [-0.1, -0.05) is 19.0 Å². The normalized spacial score (nSPS) is 13.0. The van der Waals surface area contributed by atoms with Crippen molar-refractivity contribution in [2.75, 3.05) is 5.75 Å². The number of thioether (sulfide) groups is 1. The fourth-order valence-electron chi connectivity index (χ4n) is 1.80. The number of hydrogen-bond acceptors (Lipinski definition) is 6. The molecule has 2 aromatic heterocycles. The highest BCUT2D eigenvalue weighted by molar-refractivity contribution is 7.99. The number of H-pyrrole nitrogens is 1. The molecule has 7 nitrogen and oxygen atoms in total. The van der Waals surface area contributed by atoms with E-state index in [2.05, 4.69) is 25.1 Å². The van der Waals surface area contributed by atoms with Gasteiger partial charge in [0.05, 0.1) is 6.33 Å². The van der Waals surface area contributed by atoms with E-state index in [0.717, 1.165) is 29.1 Å². The molecule has 108 valence electrons. The minimum Gasteiger partial charge on any atom is -0.409 e. The number of oxime groups is 1. The molecule has 0 unspecified atom stereocenters. The Bertz CT molecular complexity index is 609. The monoisotopic (exact) mass is 294 g/mol. The van der Waals surface area contributed by atoms with E-state index in [9.17, 15) is 0 Å². The Morgan fingerprint density at radius 3 is 3.00 bits per heavy atom. The van der Waals surface area contributed by atoms with Gasteiger partial charge in [0.25, 0.3) is 0 Å². The Morgan fingerprint density at radius 1 is 1.45 bits per heavy atom. The van der Waals surface area contributed by atoms with E-state index in [1.807, 2.05) is 13.8 Å². The molecule has 8 heteroatoms. The van der Waals surface area contributed by atoms with Crippen molar-refractivity contribution < 1.29 is 5.21 Å². The Kier molecular flexibility index (Phi) is 4.43. The van der Waals surface area contributed by atoms with Gasteiger partial charge in [-0.05, 0) is 18.6 Å². The molecule has 2 aromatic rings. The van der Waals surface area contributed by atoms with Crippen molar-refractivity contribution in [3.63, 3.8) is 0 Å². The number of nitrogens with one attached hydrogen (secondary N) is 1. The third-order valence-electron chi connectivity index (χ3n) is 3.17. The van der Waals surface area contributed by atoms with Crippen LogP contribution < -0.4 is 5.73 Å². The SMILES string of the molecule is CC(C)(CCCSc1ncnc2nc[nH]c12)C(N)=NO. The van der Waals surface area contributed by atoms with Gasteiger partial charge in [0.2, 0.25) is 0 Å². The van der Waals surface area contributed by atoms with Crippen LogP contribution in [0.1, 0.15) is 26.7 Å². The number of hydrogen-bond donors (Lipinski definition) is 3. The zero-order valence-electron chi connectivity index (χ0n) is 11.5. The summed E-state index contributed by atoms with van der Waals surface area (Å²) in [6.07, 6.45) is 4.91. The van der Waals surface area contributed by atoms with Crippen LogP contribution in [0.3, 0.4) is 0 Å². The van der Waals surface area contributed by atoms with Crippen LogP contribution in [0.25, 0.3) is 11.2 Å². The maximum Gasteiger partial charge on any atom is 0.181 e. The first-order valence-corrected chi connectivity index (χ1v) is 7.28. The molecule has 0 aliphatic heterocycles. The summed E-state index contributed by atoms with van der Waals surface area (Å²) in [6.45, 7) is 3.93. The molecular weight excluding hydrogens is 276 g/mol. The largest absolute Gasteiger partial charge is 0.409 e. The Labute approximate surface area is 121 Å². The maximum absolute atomic E-state index is 8.73. The number of nitrogens with zero attached hydrogens (tertiary/aromatic N) is 4. The van der Waals surface area contributed by atoms with Crippen molar-refractivity contribution in [2.24, 2.45) is 16.3 Å². The molecule has 2 heterocycles. The second-order valence-corrected chi connectivity index (χ2v) is 6.18. The molecule has 4 N–H and O–H groups in total. The van der Waals surface area contributed by atoms with Gasteiger partial charge in [0.15, 0.2) is 5.65 Å². The molecule has 0 saturated heterocycles. The van der Waals surface area contributed by atoms with E-state index in [-0.39, 0.29) is 11.3 Å². The Balaban J connectivity index is 1.89. The first kappa shape index (κ1) is 14.6. The summed E-state index contributed by atoms with van der Waals surface area (Å²) in [6, 6.07) is 0. The number of imidazole rings is 1. The summed E-state index contributed by atoms with van der Waals surface area (Å²) in [4.78, 5) is 15.5. The fourth-order valence-corrected chi connectivity index (χ4v) is 2.70. The van der Waals surface area contributed by atoms with Crippen LogP contribution in [-0.4, -0.2) is 36.7 Å². The second kappa shape index (κ2) is 6.08. The van der Waals surface area contributed by atoms with Crippen LogP contribution >= 0.6 is 11.8 Å². The fraction of sp³-hybridized carbons (Fsp3) is 0.500. The number of aromatic amines is 1. The standard InChI is InChI=1S/C12H18N6OS/c1-12(2,11(13)18-19)4-3-5-20-10-8-9(15-6-14-8)16-7-17-10/h6-7,19H,3-5H2,1-2H3,(H2,13,18)(H,14,15,16,17). The third kappa shape index (κ3) is 3.19. The molecule has 20 heavy (non-hydrogen) atoms. The van der Waals surface area contributed by atoms with Gasteiger partial charge in [0, 0.05) is 5.41 Å². The highest BCUT2D eigenvalue weighted by Gasteiger charge is 2.22. The van der Waals surface area contributed by atoms with E-state index in [0.29, 0.717) is 5.65 Å². The second-order valence-electron chi connectivity index (χ2n) is 5.10. The van der Waals surface area contributed by atoms with Crippen LogP contribution in [0.15, 0.2) is 22.8 Å². The first-order valence-electron chi connectivity index (χ1n) is 6.29. The maximum atomic E-state index is 8.73. The van der Waals surface area contributed by atoms with Gasteiger partial charge in [-0.25, -0.2) is 15.0 Å². The molecule has 2 rings (SSSR count). The number of nitrogens with two attached hydrogens (primary N) is 1. The van der Waals surface area contributed by atoms with Crippen LogP contribution in [0.2, 0.25) is 0 Å². The van der Waals surface area contributed by atoms with Gasteiger partial charge in [-0.3, -0.25) is 0 Å². The average molecular weight is 294 g/mol. The molecule has 0 amide bonds. The lowest BCUT2D eigenvalue weighted by Crippen LogP contribution is -2.31. The van der Waals surface area contributed by atoms with Gasteiger partial charge in [-0.15, -0.1) is 11.8 Å². The lowest BCUT2D eigenvalue weighted by atomic mass is 9.87. The van der Waals surface area contributed by atoms with Gasteiger partial charge in [0.1, 0.15) is 22.7 Å². The minimum absolute atomic E-state index is 0.264. The van der Waals surface area contributed by atoms with E-state index < -0.39 is 0 Å². The van der Waals surface area contributed by atoms with Crippen molar-refractivity contribution in [3.05, 3.63) is 12.7 Å². The predicted molar refractivity (Wildman–Crippen MR) is 78.8 cm³/mol. The van der Waals surface area contributed by atoms with E-state index in [1.54, 1.807) is 18.1 Å². The summed E-state index contributed by atoms with van der Waals surface area (Å²) >= 11 is 1.65. The van der Waals surface area contributed by atoms with Crippen molar-refractivity contribution in [3.8, 4) is 0 Å². The van der Waals surface area contributed by atoms with Gasteiger partial charge in [-0.2, -0.15) is 0 Å². The van der Waals surface area contributed by atoms with Crippen LogP contribution in [-0.2, 0) is 0 Å². The van der Waals surface area contributed by atoms with E-state index in [4.69, 9.17) is 10.9 Å². The molecule has 0 radical (unpaired) electrons. The molecule has 0 aliphatic carbocycles. The number of rotatable bonds is 6. The molecule has 0 saturated carbocycles. The highest BCUT2D eigenvalue weighted by Crippen LogP contribution is 2.27. The van der Waals surface area contributed by atoms with E-state index >= 15 is 0 Å².